The van der Waals surface area contributed by atoms with E-state index >= 15 is 0 Å². The van der Waals surface area contributed by atoms with Gasteiger partial charge in [-0.1, -0.05) is 49.8 Å². The van der Waals surface area contributed by atoms with E-state index in [0.29, 0.717) is 0 Å². The molecule has 15 heavy (non-hydrogen) atoms. The Labute approximate surface area is 92.7 Å². The lowest BCUT2D eigenvalue weighted by Crippen LogP contribution is -2.10. The van der Waals surface area contributed by atoms with Crippen molar-refractivity contribution in [3.63, 3.8) is 0 Å². The number of nitrogens with two attached hydrogens (primary N) is 1. The maximum absolute atomic E-state index is 6.01. The third kappa shape index (κ3) is 2.74. The van der Waals surface area contributed by atoms with Gasteiger partial charge in [-0.2, -0.15) is 0 Å². The quantitative estimate of drug-likeness (QED) is 0.729. The molecule has 0 spiro atoms. The molecule has 0 saturated heterocycles. The lowest BCUT2D eigenvalue weighted by Gasteiger charge is -2.22. The van der Waals surface area contributed by atoms with Gasteiger partial charge in [-0.15, -0.1) is 0 Å². The van der Waals surface area contributed by atoms with Crippen molar-refractivity contribution in [1.82, 2.24) is 0 Å². The second-order valence-corrected chi connectivity index (χ2v) is 4.91. The first-order valence-electron chi connectivity index (χ1n) is 6.11. The molecular formula is C14H21N. The van der Waals surface area contributed by atoms with Gasteiger partial charge in [0.2, 0.25) is 0 Å². The van der Waals surface area contributed by atoms with E-state index in [-0.39, 0.29) is 0 Å². The molecule has 1 aliphatic rings. The van der Waals surface area contributed by atoms with Crippen LogP contribution in [0.15, 0.2) is 18.2 Å². The molecule has 2 N–H and O–H groups in total. The normalized spacial score (nSPS) is 17.9. The summed E-state index contributed by atoms with van der Waals surface area (Å²) in [5, 5.41) is 0. The van der Waals surface area contributed by atoms with Crippen molar-refractivity contribution in [2.45, 2.75) is 45.4 Å². The Morgan fingerprint density at radius 3 is 2.67 bits per heavy atom. The Morgan fingerprint density at radius 1 is 1.20 bits per heavy atom. The highest BCUT2D eigenvalue weighted by Crippen LogP contribution is 2.28. The molecule has 1 heteroatoms. The first kappa shape index (κ1) is 10.5. The van der Waals surface area contributed by atoms with E-state index in [4.69, 9.17) is 5.73 Å². The summed E-state index contributed by atoms with van der Waals surface area (Å²) in [5.74, 6) is 0.878. The van der Waals surface area contributed by atoms with E-state index in [1.54, 1.807) is 0 Å². The predicted octanol–water partition coefficient (Wildman–Crippen LogP) is 3.70. The number of anilines is 1. The van der Waals surface area contributed by atoms with Gasteiger partial charge in [0.1, 0.15) is 0 Å². The summed E-state index contributed by atoms with van der Waals surface area (Å²) in [6, 6.07) is 6.40. The molecule has 82 valence electrons. The van der Waals surface area contributed by atoms with Crippen molar-refractivity contribution < 1.29 is 0 Å². The molecule has 0 radical (unpaired) electrons. The zero-order valence-electron chi connectivity index (χ0n) is 9.63. The molecule has 0 aromatic heterocycles. The van der Waals surface area contributed by atoms with Gasteiger partial charge in [0, 0.05) is 5.69 Å². The molecular weight excluding hydrogens is 182 g/mol. The van der Waals surface area contributed by atoms with Crippen LogP contribution < -0.4 is 5.73 Å². The van der Waals surface area contributed by atoms with Crippen LogP contribution >= 0.6 is 0 Å². The highest BCUT2D eigenvalue weighted by Gasteiger charge is 2.14. The topological polar surface area (TPSA) is 26.0 Å². The molecule has 1 saturated carbocycles. The molecule has 1 aromatic carbocycles. The lowest BCUT2D eigenvalue weighted by molar-refractivity contribution is 0.357. The Hall–Kier alpha value is -0.980. The minimum Gasteiger partial charge on any atom is -0.399 e. The molecule has 0 heterocycles. The van der Waals surface area contributed by atoms with Crippen molar-refractivity contribution in [1.29, 1.82) is 0 Å². The fourth-order valence-corrected chi connectivity index (χ4v) is 2.61. The minimum atomic E-state index is 0.878. The summed E-state index contributed by atoms with van der Waals surface area (Å²) in [7, 11) is 0. The van der Waals surface area contributed by atoms with Crippen LogP contribution in [0.4, 0.5) is 5.69 Å². The molecule has 1 nitrogen and oxygen atoms in total. The van der Waals surface area contributed by atoms with Gasteiger partial charge in [-0.3, -0.25) is 0 Å². The van der Waals surface area contributed by atoms with Crippen molar-refractivity contribution in [3.8, 4) is 0 Å². The maximum Gasteiger partial charge on any atom is 0.0346 e. The van der Waals surface area contributed by atoms with Crippen LogP contribution in [0, 0.1) is 12.8 Å². The zero-order chi connectivity index (χ0) is 10.7. The highest BCUT2D eigenvalue weighted by atomic mass is 14.6. The Morgan fingerprint density at radius 2 is 1.93 bits per heavy atom. The van der Waals surface area contributed by atoms with Crippen molar-refractivity contribution in [2.24, 2.45) is 5.92 Å². The van der Waals surface area contributed by atoms with Crippen LogP contribution in [0.25, 0.3) is 0 Å². The summed E-state index contributed by atoms with van der Waals surface area (Å²) < 4.78 is 0. The number of benzene rings is 1. The summed E-state index contributed by atoms with van der Waals surface area (Å²) >= 11 is 0. The van der Waals surface area contributed by atoms with Gasteiger partial charge in [0.15, 0.2) is 0 Å². The Balaban J connectivity index is 2.05. The van der Waals surface area contributed by atoms with Crippen LogP contribution in [0.3, 0.4) is 0 Å². The number of aryl methyl sites for hydroxylation is 1. The van der Waals surface area contributed by atoms with E-state index in [0.717, 1.165) is 11.6 Å². The molecule has 0 unspecified atom stereocenters. The summed E-state index contributed by atoms with van der Waals surface area (Å²) in [6.45, 7) is 2.14. The third-order valence-corrected chi connectivity index (χ3v) is 3.53. The number of rotatable bonds is 2. The van der Waals surface area contributed by atoms with Crippen molar-refractivity contribution in [3.05, 3.63) is 29.3 Å². The largest absolute Gasteiger partial charge is 0.399 e. The predicted molar refractivity (Wildman–Crippen MR) is 65.9 cm³/mol. The number of hydrogen-bond acceptors (Lipinski definition) is 1. The van der Waals surface area contributed by atoms with E-state index < -0.39 is 0 Å². The number of hydrogen-bond donors (Lipinski definition) is 1. The average molecular weight is 203 g/mol. The Bertz CT molecular complexity index is 324. The van der Waals surface area contributed by atoms with Crippen LogP contribution in [0.2, 0.25) is 0 Å². The van der Waals surface area contributed by atoms with E-state index in [1.807, 2.05) is 6.07 Å². The van der Waals surface area contributed by atoms with Gasteiger partial charge >= 0.3 is 0 Å². The van der Waals surface area contributed by atoms with Gasteiger partial charge < -0.3 is 5.73 Å². The fraction of sp³-hybridized carbons (Fsp3) is 0.571. The highest BCUT2D eigenvalue weighted by molar-refractivity contribution is 5.48. The maximum atomic E-state index is 6.01. The molecule has 1 aliphatic carbocycles. The molecule has 0 bridgehead atoms. The molecule has 0 aliphatic heterocycles. The van der Waals surface area contributed by atoms with E-state index in [1.165, 1.54) is 49.7 Å². The van der Waals surface area contributed by atoms with Gasteiger partial charge in [-0.05, 0) is 30.9 Å². The first-order valence-corrected chi connectivity index (χ1v) is 6.11. The second kappa shape index (κ2) is 4.69. The monoisotopic (exact) mass is 203 g/mol. The zero-order valence-corrected chi connectivity index (χ0v) is 9.63. The van der Waals surface area contributed by atoms with E-state index in [9.17, 15) is 0 Å². The SMILES string of the molecule is Cc1ccc(N)c(CC2CCCCC2)c1. The third-order valence-electron chi connectivity index (χ3n) is 3.53. The smallest absolute Gasteiger partial charge is 0.0346 e. The average Bonchev–Trinajstić information content (AvgIpc) is 2.25. The lowest BCUT2D eigenvalue weighted by atomic mass is 9.84. The van der Waals surface area contributed by atoms with Crippen LogP contribution in [0.1, 0.15) is 43.2 Å². The fourth-order valence-electron chi connectivity index (χ4n) is 2.61. The standard InChI is InChI=1S/C14H21N/c1-11-7-8-14(15)13(9-11)10-12-5-3-2-4-6-12/h7-9,12H,2-6,10,15H2,1H3. The molecule has 1 fully saturated rings. The van der Waals surface area contributed by atoms with Crippen molar-refractivity contribution in [2.75, 3.05) is 5.73 Å². The van der Waals surface area contributed by atoms with Gasteiger partial charge in [-0.25, -0.2) is 0 Å². The van der Waals surface area contributed by atoms with E-state index in [2.05, 4.69) is 19.1 Å². The molecule has 0 amide bonds. The summed E-state index contributed by atoms with van der Waals surface area (Å²) in [4.78, 5) is 0. The summed E-state index contributed by atoms with van der Waals surface area (Å²) in [6.07, 6.45) is 8.24. The molecule has 2 rings (SSSR count). The van der Waals surface area contributed by atoms with Crippen molar-refractivity contribution >= 4 is 5.69 Å². The molecule has 0 atom stereocenters. The van der Waals surface area contributed by atoms with Gasteiger partial charge in [0.25, 0.3) is 0 Å². The molecule has 1 aromatic rings. The number of nitrogen functional groups attached to an aromatic ring is 1. The Kier molecular flexibility index (Phi) is 3.30. The van der Waals surface area contributed by atoms with Crippen LogP contribution in [0.5, 0.6) is 0 Å². The summed E-state index contributed by atoms with van der Waals surface area (Å²) in [5.41, 5.74) is 9.68. The van der Waals surface area contributed by atoms with Gasteiger partial charge in [0.05, 0.1) is 0 Å². The second-order valence-electron chi connectivity index (χ2n) is 4.91. The minimum absolute atomic E-state index is 0.878. The van der Waals surface area contributed by atoms with Crippen LogP contribution in [-0.2, 0) is 6.42 Å². The van der Waals surface area contributed by atoms with Crippen LogP contribution in [-0.4, -0.2) is 0 Å². The first-order chi connectivity index (χ1) is 7.25.